The lowest BCUT2D eigenvalue weighted by molar-refractivity contribution is 0.102. The average Bonchev–Trinajstić information content (AvgIpc) is 3.43. The minimum absolute atomic E-state index is 0.0914. The van der Waals surface area contributed by atoms with Gasteiger partial charge in [-0.05, 0) is 24.0 Å². The molecule has 0 unspecified atom stereocenters. The molecule has 144 valence electrons. The van der Waals surface area contributed by atoms with Crippen molar-refractivity contribution in [3.63, 3.8) is 0 Å². The fourth-order valence-corrected chi connectivity index (χ4v) is 4.69. The fourth-order valence-electron chi connectivity index (χ4n) is 3.04. The molecule has 3 aromatic rings. The highest BCUT2D eigenvalue weighted by Gasteiger charge is 2.16. The van der Waals surface area contributed by atoms with Gasteiger partial charge in [-0.1, -0.05) is 77.7 Å². The molecule has 4 rings (SSSR count). The van der Waals surface area contributed by atoms with Crippen LogP contribution < -0.4 is 5.32 Å². The van der Waals surface area contributed by atoms with Gasteiger partial charge in [0.05, 0.1) is 11.9 Å². The van der Waals surface area contributed by atoms with Crippen molar-refractivity contribution in [2.75, 3.05) is 24.2 Å². The Hall–Kier alpha value is -2.22. The van der Waals surface area contributed by atoms with Crippen molar-refractivity contribution in [2.24, 2.45) is 0 Å². The van der Waals surface area contributed by atoms with Crippen molar-refractivity contribution < 1.29 is 9.53 Å². The standard InChI is InChI=1S/C21H21N3O2S2/c25-19(17-10-8-16(9-11-17)15-5-2-1-3-6-15)14-27-21-24-23-20(28-21)22-13-18-7-4-12-26-18/h1-3,5-6,8-11,18H,4,7,12-14H2,(H,22,23)/t18-/m1/s1. The van der Waals surface area contributed by atoms with Crippen LogP contribution in [0.2, 0.25) is 0 Å². The van der Waals surface area contributed by atoms with E-state index >= 15 is 0 Å². The van der Waals surface area contributed by atoms with Gasteiger partial charge in [-0.15, -0.1) is 10.2 Å². The van der Waals surface area contributed by atoms with Crippen molar-refractivity contribution in [2.45, 2.75) is 23.3 Å². The molecule has 1 saturated heterocycles. The Labute approximate surface area is 172 Å². The lowest BCUT2D eigenvalue weighted by Crippen LogP contribution is -2.18. The van der Waals surface area contributed by atoms with Gasteiger partial charge in [0, 0.05) is 18.7 Å². The average molecular weight is 412 g/mol. The number of nitrogens with zero attached hydrogens (tertiary/aromatic N) is 2. The summed E-state index contributed by atoms with van der Waals surface area (Å²) < 4.78 is 6.39. The molecule has 0 bridgehead atoms. The number of ketones is 1. The summed E-state index contributed by atoms with van der Waals surface area (Å²) in [5, 5.41) is 12.3. The molecule has 0 saturated carbocycles. The first-order valence-electron chi connectivity index (χ1n) is 9.28. The molecular weight excluding hydrogens is 390 g/mol. The van der Waals surface area contributed by atoms with Crippen molar-refractivity contribution in [3.05, 3.63) is 60.2 Å². The number of Topliss-reactive ketones (excluding diaryl/α,β-unsaturated/α-hetero) is 1. The number of ether oxygens (including phenoxy) is 1. The number of rotatable bonds is 8. The molecule has 1 atom stereocenters. The molecule has 5 nitrogen and oxygen atoms in total. The van der Waals surface area contributed by atoms with Gasteiger partial charge >= 0.3 is 0 Å². The number of carbonyl (C=O) groups excluding carboxylic acids is 1. The number of thioether (sulfide) groups is 1. The SMILES string of the molecule is O=C(CSc1nnc(NC[C@H]2CCCO2)s1)c1ccc(-c2ccccc2)cc1. The van der Waals surface area contributed by atoms with Crippen LogP contribution in [-0.4, -0.2) is 41.0 Å². The second kappa shape index (κ2) is 9.32. The number of anilines is 1. The maximum atomic E-state index is 12.5. The predicted octanol–water partition coefficient (Wildman–Crippen LogP) is 4.77. The van der Waals surface area contributed by atoms with Crippen LogP contribution in [0.5, 0.6) is 0 Å². The summed E-state index contributed by atoms with van der Waals surface area (Å²) in [6, 6.07) is 17.9. The third-order valence-electron chi connectivity index (χ3n) is 4.55. The van der Waals surface area contributed by atoms with E-state index in [4.69, 9.17) is 4.74 Å². The normalized spacial score (nSPS) is 16.2. The molecule has 28 heavy (non-hydrogen) atoms. The highest BCUT2D eigenvalue weighted by molar-refractivity contribution is 8.01. The molecule has 1 aliphatic rings. The lowest BCUT2D eigenvalue weighted by Gasteiger charge is -2.08. The lowest BCUT2D eigenvalue weighted by atomic mass is 10.0. The van der Waals surface area contributed by atoms with Gasteiger partial charge in [0.15, 0.2) is 10.1 Å². The number of aromatic nitrogens is 2. The van der Waals surface area contributed by atoms with E-state index in [1.807, 2.05) is 42.5 Å². The fraction of sp³-hybridized carbons (Fsp3) is 0.286. The van der Waals surface area contributed by atoms with E-state index in [9.17, 15) is 4.79 Å². The van der Waals surface area contributed by atoms with Crippen LogP contribution in [0.25, 0.3) is 11.1 Å². The number of hydrogen-bond donors (Lipinski definition) is 1. The van der Waals surface area contributed by atoms with E-state index in [1.165, 1.54) is 23.1 Å². The van der Waals surface area contributed by atoms with Gasteiger partial charge in [-0.25, -0.2) is 0 Å². The molecule has 1 aromatic heterocycles. The Morgan fingerprint density at radius 1 is 1.11 bits per heavy atom. The first-order chi connectivity index (χ1) is 13.8. The second-order valence-electron chi connectivity index (χ2n) is 6.54. The highest BCUT2D eigenvalue weighted by Crippen LogP contribution is 2.27. The molecule has 0 amide bonds. The van der Waals surface area contributed by atoms with Crippen molar-refractivity contribution in [1.29, 1.82) is 0 Å². The maximum absolute atomic E-state index is 12.5. The van der Waals surface area contributed by atoms with E-state index in [0.717, 1.165) is 46.6 Å². The Morgan fingerprint density at radius 2 is 1.89 bits per heavy atom. The Morgan fingerprint density at radius 3 is 2.64 bits per heavy atom. The van der Waals surface area contributed by atoms with Crippen molar-refractivity contribution in [3.8, 4) is 11.1 Å². The first kappa shape index (κ1) is 19.1. The van der Waals surface area contributed by atoms with Gasteiger partial charge in [0.25, 0.3) is 0 Å². The Kier molecular flexibility index (Phi) is 6.36. The molecule has 0 spiro atoms. The molecule has 1 fully saturated rings. The number of benzene rings is 2. The van der Waals surface area contributed by atoms with Crippen LogP contribution in [0.1, 0.15) is 23.2 Å². The number of carbonyl (C=O) groups is 1. The van der Waals surface area contributed by atoms with Crippen LogP contribution in [0.4, 0.5) is 5.13 Å². The molecule has 0 radical (unpaired) electrons. The van der Waals surface area contributed by atoms with Crippen molar-refractivity contribution in [1.82, 2.24) is 10.2 Å². The van der Waals surface area contributed by atoms with Gasteiger partial charge in [0.2, 0.25) is 5.13 Å². The minimum atomic E-state index is 0.0914. The third-order valence-corrected chi connectivity index (χ3v) is 6.57. The third kappa shape index (κ3) is 4.98. The topological polar surface area (TPSA) is 64.1 Å². The molecule has 0 aliphatic carbocycles. The second-order valence-corrected chi connectivity index (χ2v) is 8.74. The van der Waals surface area contributed by atoms with Gasteiger partial charge < -0.3 is 10.1 Å². The summed E-state index contributed by atoms with van der Waals surface area (Å²) in [7, 11) is 0. The molecule has 1 aliphatic heterocycles. The van der Waals surface area contributed by atoms with Gasteiger partial charge in [-0.2, -0.15) is 0 Å². The van der Waals surface area contributed by atoms with Crippen LogP contribution in [0.15, 0.2) is 58.9 Å². The highest BCUT2D eigenvalue weighted by atomic mass is 32.2. The van der Waals surface area contributed by atoms with E-state index in [2.05, 4.69) is 27.6 Å². The largest absolute Gasteiger partial charge is 0.376 e. The van der Waals surface area contributed by atoms with Gasteiger partial charge in [-0.3, -0.25) is 4.79 Å². The smallest absolute Gasteiger partial charge is 0.206 e. The molecule has 1 N–H and O–H groups in total. The number of hydrogen-bond acceptors (Lipinski definition) is 7. The monoisotopic (exact) mass is 411 g/mol. The zero-order valence-electron chi connectivity index (χ0n) is 15.3. The summed E-state index contributed by atoms with van der Waals surface area (Å²) in [5.74, 6) is 0.444. The summed E-state index contributed by atoms with van der Waals surface area (Å²) in [4.78, 5) is 12.5. The quantitative estimate of drug-likeness (QED) is 0.425. The zero-order valence-corrected chi connectivity index (χ0v) is 17.0. The van der Waals surface area contributed by atoms with Crippen LogP contribution in [-0.2, 0) is 4.74 Å². The molecular formula is C21H21N3O2S2. The van der Waals surface area contributed by atoms with Gasteiger partial charge in [0.1, 0.15) is 0 Å². The van der Waals surface area contributed by atoms with E-state index < -0.39 is 0 Å². The Balaban J connectivity index is 1.28. The van der Waals surface area contributed by atoms with E-state index in [0.29, 0.717) is 11.3 Å². The zero-order chi connectivity index (χ0) is 19.2. The predicted molar refractivity (Wildman–Crippen MR) is 114 cm³/mol. The van der Waals surface area contributed by atoms with Crippen LogP contribution in [0, 0.1) is 0 Å². The summed E-state index contributed by atoms with van der Waals surface area (Å²) >= 11 is 2.90. The van der Waals surface area contributed by atoms with E-state index in [1.54, 1.807) is 0 Å². The molecule has 2 heterocycles. The van der Waals surface area contributed by atoms with Crippen molar-refractivity contribution >= 4 is 34.0 Å². The van der Waals surface area contributed by atoms with Crippen LogP contribution >= 0.6 is 23.1 Å². The Bertz CT molecular complexity index is 907. The molecule has 7 heteroatoms. The van der Waals surface area contributed by atoms with Crippen LogP contribution in [0.3, 0.4) is 0 Å². The van der Waals surface area contributed by atoms with E-state index in [-0.39, 0.29) is 11.9 Å². The molecule has 2 aromatic carbocycles. The summed E-state index contributed by atoms with van der Waals surface area (Å²) in [6.45, 7) is 1.60. The minimum Gasteiger partial charge on any atom is -0.376 e. The maximum Gasteiger partial charge on any atom is 0.206 e. The first-order valence-corrected chi connectivity index (χ1v) is 11.1. The summed E-state index contributed by atoms with van der Waals surface area (Å²) in [6.07, 6.45) is 2.48. The summed E-state index contributed by atoms with van der Waals surface area (Å²) in [5.41, 5.74) is 2.97. The number of nitrogens with one attached hydrogen (secondary N) is 1.